The van der Waals surface area contributed by atoms with Gasteiger partial charge in [-0.05, 0) is 49.4 Å². The van der Waals surface area contributed by atoms with Gasteiger partial charge in [-0.3, -0.25) is 4.79 Å². The summed E-state index contributed by atoms with van der Waals surface area (Å²) in [6, 6.07) is 7.78. The largest absolute Gasteiger partial charge is 0.497 e. The number of nitrogens with one attached hydrogen (secondary N) is 1. The number of rotatable bonds is 4. The first-order valence-electron chi connectivity index (χ1n) is 8.10. The summed E-state index contributed by atoms with van der Waals surface area (Å²) >= 11 is 0. The highest BCUT2D eigenvalue weighted by Crippen LogP contribution is 2.35. The molecule has 0 bridgehead atoms. The maximum Gasteiger partial charge on any atom is 0.355 e. The van der Waals surface area contributed by atoms with Crippen LogP contribution in [0, 0.1) is 6.92 Å². The van der Waals surface area contributed by atoms with E-state index in [0.717, 1.165) is 17.0 Å². The smallest absolute Gasteiger partial charge is 0.355 e. The standard InChI is InChI=1S/C19H21NO4/c1-4-24-19(22)18-11(2)17-15(20-18)9-13(10-16(17)21)12-5-7-14(23-3)8-6-12/h5-8,13,20H,4,9-10H2,1-3H3/t13-/m0/s1. The van der Waals surface area contributed by atoms with Gasteiger partial charge >= 0.3 is 5.97 Å². The molecule has 1 heterocycles. The van der Waals surface area contributed by atoms with E-state index in [9.17, 15) is 9.59 Å². The second kappa shape index (κ2) is 6.51. The first-order chi connectivity index (χ1) is 11.5. The van der Waals surface area contributed by atoms with Crippen molar-refractivity contribution < 1.29 is 19.1 Å². The molecule has 1 atom stereocenters. The number of ether oxygens (including phenoxy) is 2. The Kier molecular flexibility index (Phi) is 4.42. The number of H-pyrrole nitrogens is 1. The molecule has 0 fully saturated rings. The molecule has 0 radical (unpaired) electrons. The minimum absolute atomic E-state index is 0.0707. The molecule has 3 rings (SSSR count). The van der Waals surface area contributed by atoms with Gasteiger partial charge in [0.15, 0.2) is 5.78 Å². The second-order valence-corrected chi connectivity index (χ2v) is 6.00. The molecule has 2 aromatic rings. The fraction of sp³-hybridized carbons (Fsp3) is 0.368. The molecule has 1 aliphatic rings. The van der Waals surface area contributed by atoms with E-state index in [1.807, 2.05) is 24.3 Å². The maximum absolute atomic E-state index is 12.6. The Bertz CT molecular complexity index is 773. The van der Waals surface area contributed by atoms with E-state index >= 15 is 0 Å². The Morgan fingerprint density at radius 2 is 1.96 bits per heavy atom. The molecular formula is C19H21NO4. The van der Waals surface area contributed by atoms with Gasteiger partial charge in [-0.15, -0.1) is 0 Å². The minimum Gasteiger partial charge on any atom is -0.497 e. The number of Topliss-reactive ketones (excluding diaryl/α,β-unsaturated/α-hetero) is 1. The lowest BCUT2D eigenvalue weighted by atomic mass is 9.81. The number of aromatic amines is 1. The molecule has 0 saturated heterocycles. The Labute approximate surface area is 141 Å². The number of carbonyl (C=O) groups excluding carboxylic acids is 2. The van der Waals surface area contributed by atoms with Crippen LogP contribution in [-0.2, 0) is 11.2 Å². The van der Waals surface area contributed by atoms with Crippen LogP contribution in [0.2, 0.25) is 0 Å². The number of hydrogen-bond acceptors (Lipinski definition) is 4. The van der Waals surface area contributed by atoms with Crippen LogP contribution in [0.25, 0.3) is 0 Å². The molecule has 0 aliphatic heterocycles. The van der Waals surface area contributed by atoms with Gasteiger partial charge in [-0.25, -0.2) is 4.79 Å². The van der Waals surface area contributed by atoms with Crippen molar-refractivity contribution in [1.29, 1.82) is 0 Å². The van der Waals surface area contributed by atoms with Crippen LogP contribution in [0.4, 0.5) is 0 Å². The summed E-state index contributed by atoms with van der Waals surface area (Å²) in [6.45, 7) is 3.87. The molecule has 5 nitrogen and oxygen atoms in total. The van der Waals surface area contributed by atoms with Crippen molar-refractivity contribution in [1.82, 2.24) is 4.98 Å². The molecule has 1 aliphatic carbocycles. The van der Waals surface area contributed by atoms with E-state index in [4.69, 9.17) is 9.47 Å². The predicted molar refractivity (Wildman–Crippen MR) is 89.9 cm³/mol. The zero-order valence-corrected chi connectivity index (χ0v) is 14.1. The van der Waals surface area contributed by atoms with Crippen LogP contribution in [0.1, 0.15) is 56.9 Å². The monoisotopic (exact) mass is 327 g/mol. The Balaban J connectivity index is 1.91. The number of methoxy groups -OCH3 is 1. The molecule has 5 heteroatoms. The molecule has 1 N–H and O–H groups in total. The average molecular weight is 327 g/mol. The Hall–Kier alpha value is -2.56. The van der Waals surface area contributed by atoms with Gasteiger partial charge in [-0.2, -0.15) is 0 Å². The number of carbonyl (C=O) groups is 2. The summed E-state index contributed by atoms with van der Waals surface area (Å²) < 4.78 is 10.2. The molecule has 0 spiro atoms. The van der Waals surface area contributed by atoms with Crippen molar-refractivity contribution in [2.24, 2.45) is 0 Å². The lowest BCUT2D eigenvalue weighted by Crippen LogP contribution is -2.18. The van der Waals surface area contributed by atoms with Crippen LogP contribution >= 0.6 is 0 Å². The molecule has 126 valence electrons. The van der Waals surface area contributed by atoms with Gasteiger partial charge in [0.2, 0.25) is 0 Å². The highest BCUT2D eigenvalue weighted by molar-refractivity contribution is 6.03. The van der Waals surface area contributed by atoms with Gasteiger partial charge in [0.05, 0.1) is 13.7 Å². The van der Waals surface area contributed by atoms with Crippen molar-refractivity contribution in [3.05, 3.63) is 52.3 Å². The summed E-state index contributed by atoms with van der Waals surface area (Å²) in [7, 11) is 1.63. The van der Waals surface area contributed by atoms with Gasteiger partial charge in [0, 0.05) is 17.7 Å². The van der Waals surface area contributed by atoms with E-state index in [2.05, 4.69) is 4.98 Å². The molecule has 0 amide bonds. The van der Waals surface area contributed by atoms with Crippen molar-refractivity contribution in [2.45, 2.75) is 32.6 Å². The van der Waals surface area contributed by atoms with Crippen LogP contribution in [0.5, 0.6) is 5.75 Å². The average Bonchev–Trinajstić information content (AvgIpc) is 2.92. The topological polar surface area (TPSA) is 68.4 Å². The summed E-state index contributed by atoms with van der Waals surface area (Å²) in [5.41, 5.74) is 3.67. The van der Waals surface area contributed by atoms with E-state index in [0.29, 0.717) is 36.3 Å². The fourth-order valence-corrected chi connectivity index (χ4v) is 3.35. The van der Waals surface area contributed by atoms with E-state index in [1.54, 1.807) is 21.0 Å². The van der Waals surface area contributed by atoms with Crippen molar-refractivity contribution in [2.75, 3.05) is 13.7 Å². The van der Waals surface area contributed by atoms with Crippen LogP contribution in [0.3, 0.4) is 0 Å². The molecule has 24 heavy (non-hydrogen) atoms. The number of fused-ring (bicyclic) bond motifs is 1. The number of ketones is 1. The Morgan fingerprint density at radius 3 is 2.58 bits per heavy atom. The van der Waals surface area contributed by atoms with Gasteiger partial charge in [-0.1, -0.05) is 12.1 Å². The molecule has 1 aromatic heterocycles. The molecule has 0 unspecified atom stereocenters. The zero-order valence-electron chi connectivity index (χ0n) is 14.1. The lowest BCUT2D eigenvalue weighted by molar-refractivity contribution is 0.0519. The second-order valence-electron chi connectivity index (χ2n) is 6.00. The van der Waals surface area contributed by atoms with Crippen LogP contribution in [-0.4, -0.2) is 30.5 Å². The van der Waals surface area contributed by atoms with Crippen LogP contribution in [0.15, 0.2) is 24.3 Å². The van der Waals surface area contributed by atoms with Gasteiger partial charge in [0.1, 0.15) is 11.4 Å². The van der Waals surface area contributed by atoms with Gasteiger partial charge < -0.3 is 14.5 Å². The fourth-order valence-electron chi connectivity index (χ4n) is 3.35. The summed E-state index contributed by atoms with van der Waals surface area (Å²) in [4.78, 5) is 27.8. The summed E-state index contributed by atoms with van der Waals surface area (Å²) in [5, 5.41) is 0. The summed E-state index contributed by atoms with van der Waals surface area (Å²) in [5.74, 6) is 0.561. The van der Waals surface area contributed by atoms with Crippen molar-refractivity contribution in [3.8, 4) is 5.75 Å². The maximum atomic E-state index is 12.6. The third-order valence-corrected chi connectivity index (χ3v) is 4.56. The first-order valence-corrected chi connectivity index (χ1v) is 8.10. The number of aromatic nitrogens is 1. The Morgan fingerprint density at radius 1 is 1.25 bits per heavy atom. The summed E-state index contributed by atoms with van der Waals surface area (Å²) in [6.07, 6.45) is 1.15. The minimum atomic E-state index is -0.404. The third kappa shape index (κ3) is 2.82. The SMILES string of the molecule is CCOC(=O)c1[nH]c2c(c1C)C(=O)C[C@@H](c1ccc(OC)cc1)C2. The van der Waals surface area contributed by atoms with E-state index in [-0.39, 0.29) is 11.7 Å². The van der Waals surface area contributed by atoms with Gasteiger partial charge in [0.25, 0.3) is 0 Å². The quantitative estimate of drug-likeness (QED) is 0.874. The van der Waals surface area contributed by atoms with E-state index in [1.165, 1.54) is 0 Å². The first kappa shape index (κ1) is 16.3. The van der Waals surface area contributed by atoms with Crippen molar-refractivity contribution in [3.63, 3.8) is 0 Å². The number of benzene rings is 1. The molecule has 0 saturated carbocycles. The van der Waals surface area contributed by atoms with E-state index < -0.39 is 5.97 Å². The zero-order chi connectivity index (χ0) is 17.3. The highest BCUT2D eigenvalue weighted by Gasteiger charge is 2.32. The predicted octanol–water partition coefficient (Wildman–Crippen LogP) is 3.42. The van der Waals surface area contributed by atoms with Crippen LogP contribution < -0.4 is 4.74 Å². The highest BCUT2D eigenvalue weighted by atomic mass is 16.5. The third-order valence-electron chi connectivity index (χ3n) is 4.56. The molecular weight excluding hydrogens is 306 g/mol. The number of hydrogen-bond donors (Lipinski definition) is 1. The lowest BCUT2D eigenvalue weighted by Gasteiger charge is -2.22. The number of esters is 1. The van der Waals surface area contributed by atoms with Crippen molar-refractivity contribution >= 4 is 11.8 Å². The molecule has 1 aromatic carbocycles. The normalized spacial score (nSPS) is 16.6.